The van der Waals surface area contributed by atoms with Crippen molar-refractivity contribution < 1.29 is 57.1 Å². The second kappa shape index (κ2) is 27.3. The first-order valence-electron chi connectivity index (χ1n) is 22.0. The second-order valence-electron chi connectivity index (χ2n) is 15.8. The van der Waals surface area contributed by atoms with Crippen LogP contribution in [-0.4, -0.2) is 123 Å². The average molecular weight is 936 g/mol. The van der Waals surface area contributed by atoms with E-state index in [9.17, 15) is 19.2 Å². The van der Waals surface area contributed by atoms with E-state index in [1.807, 2.05) is 135 Å². The normalized spacial score (nSPS) is 11.6. The first kappa shape index (κ1) is 51.6. The van der Waals surface area contributed by atoms with Crippen LogP contribution in [0.1, 0.15) is 43.2 Å². The molecule has 362 valence electrons. The molecule has 0 aliphatic carbocycles. The molecule has 17 nitrogen and oxygen atoms in total. The number of esters is 2. The van der Waals surface area contributed by atoms with Crippen LogP contribution in [0, 0.1) is 0 Å². The minimum atomic E-state index is -0.773. The molecule has 0 spiro atoms. The molecule has 0 fully saturated rings. The molecule has 17 heteroatoms. The molecule has 1 heterocycles. The smallest absolute Gasteiger partial charge is 0.407 e. The van der Waals surface area contributed by atoms with Crippen molar-refractivity contribution in [3.8, 4) is 11.5 Å². The molecule has 4 aromatic carbocycles. The molecule has 2 amide bonds. The summed E-state index contributed by atoms with van der Waals surface area (Å²) in [5.41, 5.74) is 5.50. The first-order valence-corrected chi connectivity index (χ1v) is 22.0. The van der Waals surface area contributed by atoms with Crippen molar-refractivity contribution in [3.05, 3.63) is 149 Å². The van der Waals surface area contributed by atoms with Crippen molar-refractivity contribution >= 4 is 35.5 Å². The van der Waals surface area contributed by atoms with Gasteiger partial charge in [-0.3, -0.25) is 0 Å². The third-order valence-electron chi connectivity index (χ3n) is 10.3. The number of hydrogen-bond donors (Lipinski definition) is 2. The van der Waals surface area contributed by atoms with Gasteiger partial charge in [0, 0.05) is 65.5 Å². The van der Waals surface area contributed by atoms with Gasteiger partial charge in [-0.2, -0.15) is 0 Å². The predicted molar refractivity (Wildman–Crippen MR) is 256 cm³/mol. The number of nitrogens with one attached hydrogen (secondary N) is 2. The Labute approximate surface area is 397 Å². The Morgan fingerprint density at radius 2 is 0.868 bits per heavy atom. The van der Waals surface area contributed by atoms with Crippen molar-refractivity contribution in [3.63, 3.8) is 0 Å². The van der Waals surface area contributed by atoms with Crippen molar-refractivity contribution in [1.29, 1.82) is 0 Å². The zero-order valence-electron chi connectivity index (χ0n) is 39.4. The van der Waals surface area contributed by atoms with E-state index < -0.39 is 36.3 Å². The summed E-state index contributed by atoms with van der Waals surface area (Å²) in [7, 11) is 11.0. The van der Waals surface area contributed by atoms with Crippen LogP contribution in [0.25, 0.3) is 0 Å². The van der Waals surface area contributed by atoms with E-state index in [2.05, 4.69) is 15.6 Å². The Kier molecular flexibility index (Phi) is 20.7. The van der Waals surface area contributed by atoms with Gasteiger partial charge in [-0.25, -0.2) is 24.2 Å². The second-order valence-corrected chi connectivity index (χ2v) is 15.8. The minimum Gasteiger partial charge on any atom is -0.497 e. The molecule has 2 atom stereocenters. The maximum atomic E-state index is 12.9. The number of ether oxygens (including phenoxy) is 8. The van der Waals surface area contributed by atoms with Gasteiger partial charge in [-0.15, -0.1) is 0 Å². The lowest BCUT2D eigenvalue weighted by atomic mass is 10.1. The summed E-state index contributed by atoms with van der Waals surface area (Å²) in [5.74, 6) is -0.157. The number of benzene rings is 4. The molecular formula is C51H61N5O12. The number of aromatic nitrogens is 1. The van der Waals surface area contributed by atoms with E-state index in [0.717, 1.165) is 33.6 Å². The van der Waals surface area contributed by atoms with Crippen LogP contribution < -0.4 is 29.9 Å². The summed E-state index contributed by atoms with van der Waals surface area (Å²) in [6.45, 7) is 0.337. The lowest BCUT2D eigenvalue weighted by Crippen LogP contribution is -2.33. The number of alkyl carbamates (subject to hydrolysis) is 2. The van der Waals surface area contributed by atoms with E-state index >= 15 is 0 Å². The summed E-state index contributed by atoms with van der Waals surface area (Å²) in [6.07, 6.45) is -1.81. The molecular weight excluding hydrogens is 875 g/mol. The summed E-state index contributed by atoms with van der Waals surface area (Å²) in [5, 5.41) is 5.58. The van der Waals surface area contributed by atoms with Gasteiger partial charge in [0.15, 0.2) is 0 Å². The molecule has 2 N–H and O–H groups in total. The highest BCUT2D eigenvalue weighted by molar-refractivity contribution is 5.91. The zero-order valence-corrected chi connectivity index (χ0v) is 39.4. The SMILES string of the molecule is COc1ccc(CC(COCCOC(=O)c2cccc(C(=O)OCCOCC(Cc3ccc(OC)cc3)OC(=O)NCc3ccc(N(C)C)cc3)n2)OC(=O)NCc2ccc(N(C)C)cc2)cc1. The third-order valence-corrected chi connectivity index (χ3v) is 10.3. The van der Waals surface area contributed by atoms with Gasteiger partial charge < -0.3 is 58.3 Å². The van der Waals surface area contributed by atoms with Crippen molar-refractivity contribution in [2.75, 3.05) is 91.9 Å². The standard InChI is InChI=1S/C51H61N5O12/c1-55(2)40-18-10-38(11-19-40)32-52-50(59)67-44(30-36-14-22-42(61-5)23-15-36)34-63-26-28-65-48(57)46-8-7-9-47(54-46)49(58)66-29-27-64-35-45(31-37-16-24-43(62-6)25-17-37)68-51(60)53-33-39-12-20-41(21-13-39)56(3)4/h7-25,44-45H,26-35H2,1-6H3,(H,52,59)(H,53,60). The van der Waals surface area contributed by atoms with Gasteiger partial charge >= 0.3 is 24.1 Å². The highest BCUT2D eigenvalue weighted by atomic mass is 16.6. The fourth-order valence-corrected chi connectivity index (χ4v) is 6.50. The molecule has 2 unspecified atom stereocenters. The van der Waals surface area contributed by atoms with Gasteiger partial charge in [0.25, 0.3) is 0 Å². The lowest BCUT2D eigenvalue weighted by molar-refractivity contribution is -0.000882. The maximum absolute atomic E-state index is 12.9. The molecule has 0 radical (unpaired) electrons. The Morgan fingerprint density at radius 1 is 0.500 bits per heavy atom. The minimum absolute atomic E-state index is 0.00185. The van der Waals surface area contributed by atoms with Gasteiger partial charge in [-0.05, 0) is 82.9 Å². The fraction of sp³-hybridized carbons (Fsp3) is 0.353. The Balaban J connectivity index is 1.04. The van der Waals surface area contributed by atoms with Gasteiger partial charge in [-0.1, -0.05) is 54.6 Å². The number of anilines is 2. The molecule has 0 saturated carbocycles. The molecule has 0 aliphatic rings. The number of methoxy groups -OCH3 is 2. The highest BCUT2D eigenvalue weighted by Gasteiger charge is 2.20. The average Bonchev–Trinajstić information content (AvgIpc) is 3.35. The number of rotatable bonds is 26. The summed E-state index contributed by atoms with van der Waals surface area (Å²) in [4.78, 5) is 59.6. The molecule has 0 bridgehead atoms. The van der Waals surface area contributed by atoms with Gasteiger partial charge in [0.2, 0.25) is 0 Å². The third kappa shape index (κ3) is 17.8. The number of hydrogen-bond acceptors (Lipinski definition) is 15. The van der Waals surface area contributed by atoms with E-state index in [-0.39, 0.29) is 64.1 Å². The molecule has 0 aliphatic heterocycles. The van der Waals surface area contributed by atoms with Crippen LogP contribution in [0.3, 0.4) is 0 Å². The summed E-state index contributed by atoms with van der Waals surface area (Å²) in [6, 6.07) is 34.7. The number of amides is 2. The van der Waals surface area contributed by atoms with E-state index in [1.54, 1.807) is 14.2 Å². The number of nitrogens with zero attached hydrogens (tertiary/aromatic N) is 3. The van der Waals surface area contributed by atoms with Crippen LogP contribution in [0.2, 0.25) is 0 Å². The van der Waals surface area contributed by atoms with Crippen molar-refractivity contribution in [2.24, 2.45) is 0 Å². The zero-order chi connectivity index (χ0) is 48.7. The highest BCUT2D eigenvalue weighted by Crippen LogP contribution is 2.17. The molecule has 1 aromatic heterocycles. The molecule has 5 rings (SSSR count). The van der Waals surface area contributed by atoms with Crippen LogP contribution in [-0.2, 0) is 54.4 Å². The van der Waals surface area contributed by atoms with Crippen LogP contribution in [0.4, 0.5) is 21.0 Å². The quantitative estimate of drug-likeness (QED) is 0.0341. The predicted octanol–water partition coefficient (Wildman–Crippen LogP) is 6.65. The maximum Gasteiger partial charge on any atom is 0.407 e. The largest absolute Gasteiger partial charge is 0.497 e. The molecule has 68 heavy (non-hydrogen) atoms. The monoisotopic (exact) mass is 935 g/mol. The fourth-order valence-electron chi connectivity index (χ4n) is 6.50. The van der Waals surface area contributed by atoms with Crippen LogP contribution in [0.5, 0.6) is 11.5 Å². The number of carbonyl (C=O) groups excluding carboxylic acids is 4. The Bertz CT molecular complexity index is 2170. The van der Waals surface area contributed by atoms with E-state index in [4.69, 9.17) is 37.9 Å². The Morgan fingerprint density at radius 3 is 1.22 bits per heavy atom. The van der Waals surface area contributed by atoms with Crippen molar-refractivity contribution in [1.82, 2.24) is 15.6 Å². The molecule has 5 aromatic rings. The summed E-state index contributed by atoms with van der Waals surface area (Å²) >= 11 is 0. The molecule has 0 saturated heterocycles. The van der Waals surface area contributed by atoms with Gasteiger partial charge in [0.1, 0.15) is 48.3 Å². The van der Waals surface area contributed by atoms with Gasteiger partial charge in [0.05, 0.1) is 40.6 Å². The van der Waals surface area contributed by atoms with E-state index in [0.29, 0.717) is 24.3 Å². The van der Waals surface area contributed by atoms with Crippen LogP contribution in [0.15, 0.2) is 115 Å². The first-order chi connectivity index (χ1) is 32.9. The topological polar surface area (TPSA) is 186 Å². The number of pyridine rings is 1. The van der Waals surface area contributed by atoms with Crippen molar-refractivity contribution in [2.45, 2.75) is 38.1 Å². The summed E-state index contributed by atoms with van der Waals surface area (Å²) < 4.78 is 44.3. The lowest BCUT2D eigenvalue weighted by Gasteiger charge is -2.19. The van der Waals surface area contributed by atoms with Crippen LogP contribution >= 0.6 is 0 Å². The Hall–Kier alpha value is -7.37. The van der Waals surface area contributed by atoms with E-state index in [1.165, 1.54) is 18.2 Å². The number of carbonyl (C=O) groups is 4.